The Morgan fingerprint density at radius 3 is 2.56 bits per heavy atom. The van der Waals surface area contributed by atoms with Crippen LogP contribution in [-0.2, 0) is 0 Å². The lowest BCUT2D eigenvalue weighted by atomic mass is 10.1. The largest absolute Gasteiger partial charge is 0.322 e. The van der Waals surface area contributed by atoms with Gasteiger partial charge < -0.3 is 5.32 Å². The lowest BCUT2D eigenvalue weighted by Crippen LogP contribution is -2.13. The molecule has 0 saturated heterocycles. The molecule has 3 heteroatoms. The van der Waals surface area contributed by atoms with Gasteiger partial charge in [0.25, 0.3) is 5.91 Å². The highest BCUT2D eigenvalue weighted by molar-refractivity contribution is 9.10. The molecule has 1 amide bonds. The molecular formula is C15H14BrNO. The van der Waals surface area contributed by atoms with Gasteiger partial charge in [-0.05, 0) is 53.5 Å². The van der Waals surface area contributed by atoms with E-state index >= 15 is 0 Å². The molecule has 0 aliphatic heterocycles. The normalized spacial score (nSPS) is 10.2. The lowest BCUT2D eigenvalue weighted by molar-refractivity contribution is 0.102. The van der Waals surface area contributed by atoms with Crippen molar-refractivity contribution in [3.63, 3.8) is 0 Å². The Hall–Kier alpha value is -1.61. The fourth-order valence-electron chi connectivity index (χ4n) is 1.72. The first-order valence-corrected chi connectivity index (χ1v) is 6.50. The molecule has 0 spiro atoms. The van der Waals surface area contributed by atoms with E-state index in [9.17, 15) is 4.79 Å². The number of carbonyl (C=O) groups excluding carboxylic acids is 1. The summed E-state index contributed by atoms with van der Waals surface area (Å²) in [5, 5.41) is 2.93. The highest BCUT2D eigenvalue weighted by atomic mass is 79.9. The summed E-state index contributed by atoms with van der Waals surface area (Å²) in [5.74, 6) is -0.0973. The number of amides is 1. The Bertz CT molecular complexity index is 593. The smallest absolute Gasteiger partial charge is 0.256 e. The number of para-hydroxylation sites is 1. The fraction of sp³-hybridized carbons (Fsp3) is 0.133. The first-order valence-electron chi connectivity index (χ1n) is 5.71. The Morgan fingerprint density at radius 2 is 1.83 bits per heavy atom. The maximum atomic E-state index is 12.2. The molecule has 0 heterocycles. The molecule has 0 atom stereocenters. The van der Waals surface area contributed by atoms with E-state index in [2.05, 4.69) is 21.2 Å². The van der Waals surface area contributed by atoms with Crippen molar-refractivity contribution in [3.05, 3.63) is 63.6 Å². The van der Waals surface area contributed by atoms with Gasteiger partial charge in [-0.1, -0.05) is 29.8 Å². The second kappa shape index (κ2) is 5.36. The average molecular weight is 304 g/mol. The van der Waals surface area contributed by atoms with Crippen molar-refractivity contribution in [2.75, 3.05) is 5.32 Å². The van der Waals surface area contributed by atoms with Crippen molar-refractivity contribution in [1.29, 1.82) is 0 Å². The van der Waals surface area contributed by atoms with Crippen LogP contribution < -0.4 is 5.32 Å². The quantitative estimate of drug-likeness (QED) is 0.879. The Labute approximate surface area is 115 Å². The molecule has 0 radical (unpaired) electrons. The molecule has 2 aromatic rings. The van der Waals surface area contributed by atoms with Gasteiger partial charge in [-0.2, -0.15) is 0 Å². The van der Waals surface area contributed by atoms with Gasteiger partial charge in [0.15, 0.2) is 0 Å². The summed E-state index contributed by atoms with van der Waals surface area (Å²) in [6.45, 7) is 3.94. The van der Waals surface area contributed by atoms with Crippen LogP contribution in [0.5, 0.6) is 0 Å². The van der Waals surface area contributed by atoms with E-state index in [1.807, 2.05) is 56.3 Å². The van der Waals surface area contributed by atoms with Crippen LogP contribution in [0.4, 0.5) is 5.69 Å². The standard InChI is InChI=1S/C15H14BrNO/c1-10-7-8-13(16)12(9-10)15(18)17-14-6-4-3-5-11(14)2/h3-9H,1-2H3,(H,17,18). The second-order valence-electron chi connectivity index (χ2n) is 4.25. The summed E-state index contributed by atoms with van der Waals surface area (Å²) >= 11 is 3.40. The van der Waals surface area contributed by atoms with E-state index < -0.39 is 0 Å². The van der Waals surface area contributed by atoms with E-state index in [0.717, 1.165) is 21.3 Å². The van der Waals surface area contributed by atoms with E-state index in [1.165, 1.54) is 0 Å². The van der Waals surface area contributed by atoms with Crippen molar-refractivity contribution in [1.82, 2.24) is 0 Å². The van der Waals surface area contributed by atoms with Crippen molar-refractivity contribution in [2.45, 2.75) is 13.8 Å². The molecule has 2 rings (SSSR count). The summed E-state index contributed by atoms with van der Waals surface area (Å²) in [6.07, 6.45) is 0. The minimum atomic E-state index is -0.0973. The minimum absolute atomic E-state index is 0.0973. The van der Waals surface area contributed by atoms with Crippen LogP contribution in [0.3, 0.4) is 0 Å². The highest BCUT2D eigenvalue weighted by Gasteiger charge is 2.11. The van der Waals surface area contributed by atoms with Gasteiger partial charge in [0, 0.05) is 10.2 Å². The van der Waals surface area contributed by atoms with E-state index in [4.69, 9.17) is 0 Å². The number of aryl methyl sites for hydroxylation is 2. The predicted molar refractivity (Wildman–Crippen MR) is 78.0 cm³/mol. The molecule has 0 aliphatic rings. The van der Waals surface area contributed by atoms with E-state index in [1.54, 1.807) is 0 Å². The van der Waals surface area contributed by atoms with E-state index in [-0.39, 0.29) is 5.91 Å². The fourth-order valence-corrected chi connectivity index (χ4v) is 2.14. The number of nitrogens with one attached hydrogen (secondary N) is 1. The molecule has 0 aromatic heterocycles. The van der Waals surface area contributed by atoms with Crippen LogP contribution in [0.2, 0.25) is 0 Å². The summed E-state index contributed by atoms with van der Waals surface area (Å²) in [7, 11) is 0. The van der Waals surface area contributed by atoms with E-state index in [0.29, 0.717) is 5.56 Å². The first kappa shape index (κ1) is 12.8. The number of carbonyl (C=O) groups is 1. The SMILES string of the molecule is Cc1ccc(Br)c(C(=O)Nc2ccccc2C)c1. The first-order chi connectivity index (χ1) is 8.58. The lowest BCUT2D eigenvalue weighted by Gasteiger charge is -2.09. The zero-order valence-electron chi connectivity index (χ0n) is 10.3. The molecule has 92 valence electrons. The Balaban J connectivity index is 2.28. The summed E-state index contributed by atoms with van der Waals surface area (Å²) < 4.78 is 0.805. The number of anilines is 1. The highest BCUT2D eigenvalue weighted by Crippen LogP contribution is 2.21. The minimum Gasteiger partial charge on any atom is -0.322 e. The third-order valence-electron chi connectivity index (χ3n) is 2.76. The van der Waals surface area contributed by atoms with Crippen LogP contribution >= 0.6 is 15.9 Å². The van der Waals surface area contributed by atoms with Gasteiger partial charge in [0.2, 0.25) is 0 Å². The van der Waals surface area contributed by atoms with Crippen LogP contribution in [0, 0.1) is 13.8 Å². The second-order valence-corrected chi connectivity index (χ2v) is 5.11. The molecule has 18 heavy (non-hydrogen) atoms. The number of hydrogen-bond donors (Lipinski definition) is 1. The number of rotatable bonds is 2. The molecule has 0 aliphatic carbocycles. The van der Waals surface area contributed by atoms with Gasteiger partial charge in [0.05, 0.1) is 5.56 Å². The molecule has 0 saturated carbocycles. The monoisotopic (exact) mass is 303 g/mol. The van der Waals surface area contributed by atoms with Gasteiger partial charge in [-0.25, -0.2) is 0 Å². The molecule has 0 fully saturated rings. The number of halogens is 1. The molecule has 0 unspecified atom stereocenters. The molecular weight excluding hydrogens is 290 g/mol. The van der Waals surface area contributed by atoms with Crippen molar-refractivity contribution in [3.8, 4) is 0 Å². The maximum Gasteiger partial charge on any atom is 0.256 e. The van der Waals surface area contributed by atoms with Gasteiger partial charge >= 0.3 is 0 Å². The van der Waals surface area contributed by atoms with Gasteiger partial charge in [-0.3, -0.25) is 4.79 Å². The molecule has 2 aromatic carbocycles. The third-order valence-corrected chi connectivity index (χ3v) is 3.45. The summed E-state index contributed by atoms with van der Waals surface area (Å²) in [5.41, 5.74) is 3.61. The zero-order chi connectivity index (χ0) is 13.1. The Kier molecular flexibility index (Phi) is 3.82. The predicted octanol–water partition coefficient (Wildman–Crippen LogP) is 4.32. The topological polar surface area (TPSA) is 29.1 Å². The average Bonchev–Trinajstić information content (AvgIpc) is 2.35. The van der Waals surface area contributed by atoms with Crippen LogP contribution in [0.25, 0.3) is 0 Å². The number of benzene rings is 2. The van der Waals surface area contributed by atoms with Crippen molar-refractivity contribution in [2.24, 2.45) is 0 Å². The van der Waals surface area contributed by atoms with Crippen LogP contribution in [-0.4, -0.2) is 5.91 Å². The van der Waals surface area contributed by atoms with Crippen LogP contribution in [0.15, 0.2) is 46.9 Å². The van der Waals surface area contributed by atoms with Gasteiger partial charge in [0.1, 0.15) is 0 Å². The molecule has 2 nitrogen and oxygen atoms in total. The third kappa shape index (κ3) is 2.79. The molecule has 1 N–H and O–H groups in total. The zero-order valence-corrected chi connectivity index (χ0v) is 11.9. The maximum absolute atomic E-state index is 12.2. The van der Waals surface area contributed by atoms with Crippen molar-refractivity contribution < 1.29 is 4.79 Å². The Morgan fingerprint density at radius 1 is 1.11 bits per heavy atom. The molecule has 0 bridgehead atoms. The summed E-state index contributed by atoms with van der Waals surface area (Å²) in [6, 6.07) is 13.5. The van der Waals surface area contributed by atoms with Crippen LogP contribution in [0.1, 0.15) is 21.5 Å². The van der Waals surface area contributed by atoms with Crippen molar-refractivity contribution >= 4 is 27.5 Å². The number of hydrogen-bond acceptors (Lipinski definition) is 1. The summed E-state index contributed by atoms with van der Waals surface area (Å²) in [4.78, 5) is 12.2. The van der Waals surface area contributed by atoms with Gasteiger partial charge in [-0.15, -0.1) is 0 Å².